The van der Waals surface area contributed by atoms with E-state index in [-0.39, 0.29) is 24.1 Å². The topological polar surface area (TPSA) is 29.1 Å². The maximum Gasteiger partial charge on any atom is 0.0979 e. The number of rotatable bonds is 7. The molecule has 2 aromatic carbocycles. The van der Waals surface area contributed by atoms with Crippen LogP contribution in [0.1, 0.15) is 141 Å². The van der Waals surface area contributed by atoms with Gasteiger partial charge in [-0.3, -0.25) is 0 Å². The molecule has 2 aromatic rings. The molecule has 0 heterocycles. The molecule has 8 aliphatic rings. The molecule has 8 aliphatic carbocycles. The summed E-state index contributed by atoms with van der Waals surface area (Å²) in [4.78, 5) is 0. The van der Waals surface area contributed by atoms with E-state index in [4.69, 9.17) is 0 Å². The summed E-state index contributed by atoms with van der Waals surface area (Å²) in [6.07, 6.45) is 18.0. The average molecular weight is 644 g/mol. The average Bonchev–Trinajstić information content (AvgIpc) is 2.94. The van der Waals surface area contributed by atoms with Gasteiger partial charge in [-0.15, -0.1) is 0 Å². The Balaban J connectivity index is 1.29. The van der Waals surface area contributed by atoms with Crippen LogP contribution in [-0.2, 0) is 16.4 Å². The highest BCUT2D eigenvalue weighted by Crippen LogP contribution is 2.78. The zero-order valence-electron chi connectivity index (χ0n) is 28.9. The number of hydrogen-bond acceptors (Lipinski definition) is 1. The van der Waals surface area contributed by atoms with Gasteiger partial charge in [0, 0.05) is 0 Å². The van der Waals surface area contributed by atoms with Crippen molar-refractivity contribution >= 4 is 24.2 Å². The van der Waals surface area contributed by atoms with Gasteiger partial charge in [-0.25, -0.2) is 8.93 Å². The minimum absolute atomic E-state index is 0.0666. The molecule has 1 N–H and O–H groups in total. The van der Waals surface area contributed by atoms with Crippen LogP contribution in [0, 0.1) is 35.5 Å². The third-order valence-electron chi connectivity index (χ3n) is 13.3. The van der Waals surface area contributed by atoms with Crippen LogP contribution in [0.4, 0.5) is 0 Å². The van der Waals surface area contributed by atoms with Crippen LogP contribution in [-0.4, -0.2) is 19.3 Å². The maximum absolute atomic E-state index is 14.0. The van der Waals surface area contributed by atoms with Crippen LogP contribution in [0.2, 0.25) is 0 Å². The maximum atomic E-state index is 14.0. The molecule has 8 fully saturated rings. The molecule has 2 nitrogen and oxygen atoms in total. The van der Waals surface area contributed by atoms with Gasteiger partial charge in [-0.2, -0.15) is 0 Å². The Morgan fingerprint density at radius 2 is 1.09 bits per heavy atom. The summed E-state index contributed by atoms with van der Waals surface area (Å²) in [6, 6.07) is 19.0. The highest BCUT2D eigenvalue weighted by molar-refractivity contribution is 7.84. The van der Waals surface area contributed by atoms with Gasteiger partial charge in [0.15, 0.2) is 0 Å². The molecular formula is C41H58NOPS. The third-order valence-corrected chi connectivity index (χ3v) is 18.8. The molecule has 0 aliphatic heterocycles. The molecule has 0 saturated heterocycles. The van der Waals surface area contributed by atoms with Gasteiger partial charge < -0.3 is 0 Å². The lowest BCUT2D eigenvalue weighted by Crippen LogP contribution is -2.58. The van der Waals surface area contributed by atoms with Crippen molar-refractivity contribution in [2.24, 2.45) is 35.5 Å². The van der Waals surface area contributed by atoms with E-state index >= 15 is 0 Å². The quantitative estimate of drug-likeness (QED) is 0.299. The molecule has 10 rings (SSSR count). The van der Waals surface area contributed by atoms with E-state index in [1.165, 1.54) is 93.7 Å². The molecule has 0 radical (unpaired) electrons. The van der Waals surface area contributed by atoms with E-state index < -0.39 is 11.0 Å². The molecule has 2 atom stereocenters. The highest BCUT2D eigenvalue weighted by Gasteiger charge is 2.63. The Labute approximate surface area is 278 Å². The van der Waals surface area contributed by atoms with Crippen molar-refractivity contribution in [3.05, 3.63) is 65.2 Å². The first-order chi connectivity index (χ1) is 21.3. The van der Waals surface area contributed by atoms with Crippen LogP contribution in [0.15, 0.2) is 48.5 Å². The van der Waals surface area contributed by atoms with Crippen LogP contribution in [0.5, 0.6) is 0 Å². The second kappa shape index (κ2) is 11.0. The van der Waals surface area contributed by atoms with Crippen molar-refractivity contribution in [1.82, 2.24) is 4.72 Å². The number of hydrogen-bond donors (Lipinski definition) is 1. The van der Waals surface area contributed by atoms with Gasteiger partial charge in [0.25, 0.3) is 0 Å². The van der Waals surface area contributed by atoms with Crippen LogP contribution < -0.4 is 10.0 Å². The summed E-state index contributed by atoms with van der Waals surface area (Å²) in [5.74, 6) is 5.80. The summed E-state index contributed by atoms with van der Waals surface area (Å²) in [7, 11) is -1.54. The lowest BCUT2D eigenvalue weighted by molar-refractivity contribution is 0.0195. The standard InChI is InChI=1S/C41H58NOPS/c1-38(2,3)34-13-11-33(12-14-34)37(42-45(43)39(4,5)6)35-9-7-8-10-36(35)44(40-21-27-15-28(22-40)17-29(16-27)23-40)41-24-30-18-31(25-41)20-32(19-30)26-41/h7-14,27-32,37,42H,15-26H2,1-6H3/t27?,28?,29?,30?,31?,32?,37-,40?,41?,44?,45+/m0/s1. The molecule has 0 amide bonds. The van der Waals surface area contributed by atoms with E-state index in [1.807, 2.05) is 0 Å². The fourth-order valence-electron chi connectivity index (χ4n) is 12.4. The second-order valence-corrected chi connectivity index (χ2v) is 24.0. The largest absolute Gasteiger partial charge is 0.242 e. The predicted molar refractivity (Wildman–Crippen MR) is 193 cm³/mol. The number of benzene rings is 2. The van der Waals surface area contributed by atoms with Crippen molar-refractivity contribution in [2.45, 2.75) is 145 Å². The van der Waals surface area contributed by atoms with E-state index in [0.717, 1.165) is 35.5 Å². The molecular weight excluding hydrogens is 585 g/mol. The van der Waals surface area contributed by atoms with Crippen molar-refractivity contribution in [1.29, 1.82) is 0 Å². The highest BCUT2D eigenvalue weighted by atomic mass is 32.2. The Hall–Kier alpha value is -1.02. The first-order valence-corrected chi connectivity index (χ1v) is 21.0. The Morgan fingerprint density at radius 3 is 1.49 bits per heavy atom. The fourth-order valence-corrected chi connectivity index (χ4v) is 18.6. The fraction of sp³-hybridized carbons (Fsp3) is 0.707. The third kappa shape index (κ3) is 5.56. The van der Waals surface area contributed by atoms with Crippen LogP contribution >= 0.6 is 7.92 Å². The van der Waals surface area contributed by atoms with Gasteiger partial charge >= 0.3 is 0 Å². The van der Waals surface area contributed by atoms with E-state index in [2.05, 4.69) is 94.8 Å². The van der Waals surface area contributed by atoms with Gasteiger partial charge in [0.2, 0.25) is 0 Å². The summed E-state index contributed by atoms with van der Waals surface area (Å²) in [5.41, 5.74) is 4.17. The lowest BCUT2D eigenvalue weighted by Gasteiger charge is -2.67. The Morgan fingerprint density at radius 1 is 0.667 bits per heavy atom. The monoisotopic (exact) mass is 643 g/mol. The molecule has 45 heavy (non-hydrogen) atoms. The van der Waals surface area contributed by atoms with Crippen molar-refractivity contribution in [2.75, 3.05) is 0 Å². The predicted octanol–water partition coefficient (Wildman–Crippen LogP) is 10.2. The molecule has 8 saturated carbocycles. The minimum Gasteiger partial charge on any atom is -0.242 e. The zero-order valence-corrected chi connectivity index (χ0v) is 30.6. The van der Waals surface area contributed by atoms with E-state index in [9.17, 15) is 4.21 Å². The van der Waals surface area contributed by atoms with Gasteiger partial charge in [-0.05, 0) is 171 Å². The van der Waals surface area contributed by atoms with Crippen LogP contribution in [0.25, 0.3) is 0 Å². The van der Waals surface area contributed by atoms with E-state index in [1.54, 1.807) is 5.30 Å². The van der Waals surface area contributed by atoms with Crippen molar-refractivity contribution < 1.29 is 4.21 Å². The van der Waals surface area contributed by atoms with Gasteiger partial charge in [0.1, 0.15) is 0 Å². The molecule has 0 spiro atoms. The summed E-state index contributed by atoms with van der Waals surface area (Å²) in [6.45, 7) is 13.2. The smallest absolute Gasteiger partial charge is 0.0979 e. The Bertz CT molecular complexity index is 1330. The van der Waals surface area contributed by atoms with Gasteiger partial charge in [-0.1, -0.05) is 77.2 Å². The molecule has 8 bridgehead atoms. The summed E-state index contributed by atoms with van der Waals surface area (Å²) in [5, 5.41) is 2.71. The zero-order chi connectivity index (χ0) is 31.4. The SMILES string of the molecule is CC(C)(C)c1ccc([C@H](N[S@](=O)C(C)(C)C)c2ccccc2P(C23CC4CC(CC(C4)C2)C3)C23CC4CC(CC(C4)C2)C3)cc1. The van der Waals surface area contributed by atoms with E-state index in [0.29, 0.717) is 10.3 Å². The minimum atomic E-state index is -1.18. The van der Waals surface area contributed by atoms with Crippen LogP contribution in [0.3, 0.4) is 0 Å². The second-order valence-electron chi connectivity index (χ2n) is 19.0. The Kier molecular flexibility index (Phi) is 7.64. The van der Waals surface area contributed by atoms with Gasteiger partial charge in [0.05, 0.1) is 21.8 Å². The summed E-state index contributed by atoms with van der Waals surface area (Å²) >= 11 is 0. The number of nitrogens with one attached hydrogen (secondary N) is 1. The molecule has 244 valence electrons. The summed E-state index contributed by atoms with van der Waals surface area (Å²) < 4.78 is 17.4. The van der Waals surface area contributed by atoms with Crippen molar-refractivity contribution in [3.8, 4) is 0 Å². The first-order valence-electron chi connectivity index (χ1n) is 18.5. The molecule has 0 unspecified atom stereocenters. The first kappa shape index (κ1) is 31.3. The molecule has 4 heteroatoms. The lowest BCUT2D eigenvalue weighted by atomic mass is 9.55. The van der Waals surface area contributed by atoms with Crippen molar-refractivity contribution in [3.63, 3.8) is 0 Å². The normalized spacial score (nSPS) is 38.8. The molecule has 0 aromatic heterocycles.